The van der Waals surface area contributed by atoms with Gasteiger partial charge in [0.15, 0.2) is 11.6 Å². The number of hydrogen-bond donors (Lipinski definition) is 1. The van der Waals surface area contributed by atoms with E-state index in [1.165, 1.54) is 12.8 Å². The van der Waals surface area contributed by atoms with E-state index in [1.54, 1.807) is 12.4 Å². The highest BCUT2D eigenvalue weighted by Gasteiger charge is 2.23. The summed E-state index contributed by atoms with van der Waals surface area (Å²) in [7, 11) is 0. The van der Waals surface area contributed by atoms with Crippen molar-refractivity contribution >= 4 is 11.6 Å². The van der Waals surface area contributed by atoms with Crippen LogP contribution in [0.15, 0.2) is 12.4 Å². The van der Waals surface area contributed by atoms with Crippen molar-refractivity contribution in [2.24, 2.45) is 5.92 Å². The Balaban J connectivity index is 2.13. The molecule has 0 aromatic carbocycles. The van der Waals surface area contributed by atoms with Gasteiger partial charge in [0.05, 0.1) is 0 Å². The largest absolute Gasteiger partial charge is 0.381 e. The molecule has 0 bridgehead atoms. The summed E-state index contributed by atoms with van der Waals surface area (Å²) < 4.78 is 0. The molecule has 14 heavy (non-hydrogen) atoms. The monoisotopic (exact) mass is 192 g/mol. The zero-order chi connectivity index (χ0) is 9.97. The summed E-state index contributed by atoms with van der Waals surface area (Å²) in [5, 5.41) is 0. The molecule has 76 valence electrons. The smallest absolute Gasteiger partial charge is 0.171 e. The van der Waals surface area contributed by atoms with Gasteiger partial charge in [0.25, 0.3) is 0 Å². The highest BCUT2D eigenvalue weighted by Crippen LogP contribution is 2.26. The van der Waals surface area contributed by atoms with E-state index in [0.717, 1.165) is 24.8 Å². The summed E-state index contributed by atoms with van der Waals surface area (Å²) in [4.78, 5) is 10.5. The highest BCUT2D eigenvalue weighted by molar-refractivity contribution is 5.57. The SMILES string of the molecule is CCC1CCN(c2nccnc2N)C1. The van der Waals surface area contributed by atoms with Crippen LogP contribution in [0.5, 0.6) is 0 Å². The van der Waals surface area contributed by atoms with Crippen molar-refractivity contribution in [1.29, 1.82) is 0 Å². The van der Waals surface area contributed by atoms with Crippen LogP contribution in [-0.2, 0) is 0 Å². The molecule has 2 N–H and O–H groups in total. The maximum Gasteiger partial charge on any atom is 0.171 e. The maximum absolute atomic E-state index is 5.77. The Bertz CT molecular complexity index is 313. The van der Waals surface area contributed by atoms with Gasteiger partial charge < -0.3 is 10.6 Å². The van der Waals surface area contributed by atoms with E-state index in [1.807, 2.05) is 0 Å². The van der Waals surface area contributed by atoms with E-state index in [2.05, 4.69) is 21.8 Å². The lowest BCUT2D eigenvalue weighted by atomic mass is 10.1. The Hall–Kier alpha value is -1.32. The predicted octanol–water partition coefficient (Wildman–Crippen LogP) is 1.30. The molecule has 1 unspecified atom stereocenters. The topological polar surface area (TPSA) is 55.0 Å². The van der Waals surface area contributed by atoms with Crippen molar-refractivity contribution in [3.05, 3.63) is 12.4 Å². The lowest BCUT2D eigenvalue weighted by molar-refractivity contribution is 0.569. The van der Waals surface area contributed by atoms with Gasteiger partial charge in [-0.15, -0.1) is 0 Å². The fraction of sp³-hybridized carbons (Fsp3) is 0.600. The molecular formula is C10H16N4. The molecule has 1 fully saturated rings. The van der Waals surface area contributed by atoms with Crippen LogP contribution in [0.2, 0.25) is 0 Å². The highest BCUT2D eigenvalue weighted by atomic mass is 15.2. The van der Waals surface area contributed by atoms with Gasteiger partial charge in [-0.3, -0.25) is 0 Å². The van der Waals surface area contributed by atoms with Crippen LogP contribution in [0.3, 0.4) is 0 Å². The van der Waals surface area contributed by atoms with E-state index in [9.17, 15) is 0 Å². The summed E-state index contributed by atoms with van der Waals surface area (Å²) in [6, 6.07) is 0. The van der Waals surface area contributed by atoms with Crippen molar-refractivity contribution < 1.29 is 0 Å². The normalized spacial score (nSPS) is 21.5. The number of nitrogens with two attached hydrogens (primary N) is 1. The predicted molar refractivity (Wildman–Crippen MR) is 57.1 cm³/mol. The van der Waals surface area contributed by atoms with Crippen molar-refractivity contribution in [3.8, 4) is 0 Å². The summed E-state index contributed by atoms with van der Waals surface area (Å²) in [6.45, 7) is 4.36. The average Bonchev–Trinajstić information content (AvgIpc) is 2.67. The number of hydrogen-bond acceptors (Lipinski definition) is 4. The van der Waals surface area contributed by atoms with E-state index in [0.29, 0.717) is 5.82 Å². The van der Waals surface area contributed by atoms with Gasteiger partial charge in [0.2, 0.25) is 0 Å². The number of anilines is 2. The summed E-state index contributed by atoms with van der Waals surface area (Å²) in [6.07, 6.45) is 5.81. The number of nitrogens with zero attached hydrogens (tertiary/aromatic N) is 3. The first-order chi connectivity index (χ1) is 6.81. The van der Waals surface area contributed by atoms with E-state index >= 15 is 0 Å². The Morgan fingerprint density at radius 3 is 2.93 bits per heavy atom. The minimum atomic E-state index is 0.546. The second kappa shape index (κ2) is 3.82. The number of nitrogen functional groups attached to an aromatic ring is 1. The van der Waals surface area contributed by atoms with E-state index < -0.39 is 0 Å². The number of aromatic nitrogens is 2. The van der Waals surface area contributed by atoms with Gasteiger partial charge >= 0.3 is 0 Å². The molecule has 0 aliphatic carbocycles. The fourth-order valence-electron chi connectivity index (χ4n) is 1.94. The Morgan fingerprint density at radius 1 is 1.50 bits per heavy atom. The van der Waals surface area contributed by atoms with Crippen LogP contribution in [0.1, 0.15) is 19.8 Å². The van der Waals surface area contributed by atoms with Gasteiger partial charge in [-0.05, 0) is 12.3 Å². The first-order valence-corrected chi connectivity index (χ1v) is 5.12. The lowest BCUT2D eigenvalue weighted by Crippen LogP contribution is -2.22. The van der Waals surface area contributed by atoms with Gasteiger partial charge in [0, 0.05) is 25.5 Å². The molecule has 0 amide bonds. The summed E-state index contributed by atoms with van der Waals surface area (Å²) >= 11 is 0. The molecule has 0 spiro atoms. The van der Waals surface area contributed by atoms with Crippen LogP contribution in [0.25, 0.3) is 0 Å². The fourth-order valence-corrected chi connectivity index (χ4v) is 1.94. The molecule has 2 rings (SSSR count). The Morgan fingerprint density at radius 2 is 2.29 bits per heavy atom. The standard InChI is InChI=1S/C10H16N4/c1-2-8-3-6-14(7-8)10-9(11)12-4-5-13-10/h4-5,8H,2-3,6-7H2,1H3,(H2,11,12). The molecule has 1 aromatic heterocycles. The van der Waals surface area contributed by atoms with Crippen molar-refractivity contribution in [3.63, 3.8) is 0 Å². The van der Waals surface area contributed by atoms with E-state index in [4.69, 9.17) is 5.73 Å². The molecule has 0 radical (unpaired) electrons. The minimum absolute atomic E-state index is 0.546. The van der Waals surface area contributed by atoms with Gasteiger partial charge in [-0.25, -0.2) is 9.97 Å². The van der Waals surface area contributed by atoms with Crippen LogP contribution in [0, 0.1) is 5.92 Å². The van der Waals surface area contributed by atoms with Crippen LogP contribution >= 0.6 is 0 Å². The van der Waals surface area contributed by atoms with Crippen molar-refractivity contribution in [1.82, 2.24) is 9.97 Å². The zero-order valence-electron chi connectivity index (χ0n) is 8.48. The molecule has 4 heteroatoms. The van der Waals surface area contributed by atoms with Gasteiger partial charge in [-0.1, -0.05) is 13.3 Å². The molecule has 1 saturated heterocycles. The maximum atomic E-state index is 5.77. The molecule has 1 atom stereocenters. The Kier molecular flexibility index (Phi) is 2.52. The molecule has 2 heterocycles. The third-order valence-electron chi connectivity index (χ3n) is 2.87. The lowest BCUT2D eigenvalue weighted by Gasteiger charge is -2.17. The average molecular weight is 192 g/mol. The van der Waals surface area contributed by atoms with Crippen molar-refractivity contribution in [2.45, 2.75) is 19.8 Å². The summed E-state index contributed by atoms with van der Waals surface area (Å²) in [5.74, 6) is 2.18. The molecular weight excluding hydrogens is 176 g/mol. The molecule has 1 aliphatic heterocycles. The van der Waals surface area contributed by atoms with Crippen LogP contribution < -0.4 is 10.6 Å². The first kappa shape index (κ1) is 9.24. The quantitative estimate of drug-likeness (QED) is 0.767. The van der Waals surface area contributed by atoms with Crippen LogP contribution in [-0.4, -0.2) is 23.1 Å². The first-order valence-electron chi connectivity index (χ1n) is 5.12. The molecule has 4 nitrogen and oxygen atoms in total. The Labute approximate surface area is 84.2 Å². The second-order valence-electron chi connectivity index (χ2n) is 3.77. The third kappa shape index (κ3) is 1.64. The van der Waals surface area contributed by atoms with Gasteiger partial charge in [0.1, 0.15) is 0 Å². The van der Waals surface area contributed by atoms with E-state index in [-0.39, 0.29) is 0 Å². The molecule has 1 aromatic rings. The summed E-state index contributed by atoms with van der Waals surface area (Å²) in [5.41, 5.74) is 5.77. The van der Waals surface area contributed by atoms with Crippen molar-refractivity contribution in [2.75, 3.05) is 23.7 Å². The molecule has 1 aliphatic rings. The van der Waals surface area contributed by atoms with Crippen LogP contribution in [0.4, 0.5) is 11.6 Å². The van der Waals surface area contributed by atoms with Gasteiger partial charge in [-0.2, -0.15) is 0 Å². The number of rotatable bonds is 2. The zero-order valence-corrected chi connectivity index (χ0v) is 8.48. The second-order valence-corrected chi connectivity index (χ2v) is 3.77. The third-order valence-corrected chi connectivity index (χ3v) is 2.87. The minimum Gasteiger partial charge on any atom is -0.381 e. The molecule has 0 saturated carbocycles.